The van der Waals surface area contributed by atoms with E-state index in [9.17, 15) is 4.79 Å². The van der Waals surface area contributed by atoms with E-state index < -0.39 is 6.04 Å². The SMILES string of the molecule is N[C@@H](Cc1c[nH]c2ccccc12)C(=O)ON1CC1C1CC1. The first-order valence-electron chi connectivity index (χ1n) is 7.51. The normalized spacial score (nSPS) is 25.8. The third-order valence-electron chi connectivity index (χ3n) is 4.39. The second kappa shape index (κ2) is 4.86. The summed E-state index contributed by atoms with van der Waals surface area (Å²) < 4.78 is 0. The Balaban J connectivity index is 1.38. The molecule has 1 aliphatic carbocycles. The van der Waals surface area contributed by atoms with Crippen molar-refractivity contribution in [2.75, 3.05) is 6.54 Å². The number of nitrogens with two attached hydrogens (primary N) is 1. The van der Waals surface area contributed by atoms with Gasteiger partial charge in [0.15, 0.2) is 0 Å². The molecule has 1 aromatic heterocycles. The maximum atomic E-state index is 12.0. The first kappa shape index (κ1) is 12.9. The zero-order valence-electron chi connectivity index (χ0n) is 11.8. The summed E-state index contributed by atoms with van der Waals surface area (Å²) in [6.45, 7) is 0.871. The van der Waals surface area contributed by atoms with Gasteiger partial charge in [-0.3, -0.25) is 0 Å². The average Bonchev–Trinajstić information content (AvgIpc) is 3.38. The highest BCUT2D eigenvalue weighted by molar-refractivity contribution is 5.84. The van der Waals surface area contributed by atoms with Gasteiger partial charge in [0.25, 0.3) is 0 Å². The van der Waals surface area contributed by atoms with Gasteiger partial charge < -0.3 is 15.6 Å². The van der Waals surface area contributed by atoms with Crippen LogP contribution in [-0.2, 0) is 16.1 Å². The van der Waals surface area contributed by atoms with Gasteiger partial charge in [-0.2, -0.15) is 0 Å². The monoisotopic (exact) mass is 285 g/mol. The van der Waals surface area contributed by atoms with Gasteiger partial charge in [-0.1, -0.05) is 18.2 Å². The average molecular weight is 285 g/mol. The molecule has 3 N–H and O–H groups in total. The van der Waals surface area contributed by atoms with E-state index in [0.717, 1.165) is 28.9 Å². The molecule has 2 unspecified atom stereocenters. The van der Waals surface area contributed by atoms with Crippen LogP contribution in [0.3, 0.4) is 0 Å². The number of fused-ring (bicyclic) bond motifs is 1. The lowest BCUT2D eigenvalue weighted by atomic mass is 10.1. The summed E-state index contributed by atoms with van der Waals surface area (Å²) in [6, 6.07) is 7.85. The fourth-order valence-corrected chi connectivity index (χ4v) is 2.91. The van der Waals surface area contributed by atoms with Crippen LogP contribution in [0.25, 0.3) is 10.9 Å². The quantitative estimate of drug-likeness (QED) is 0.818. The zero-order chi connectivity index (χ0) is 14.4. The van der Waals surface area contributed by atoms with E-state index >= 15 is 0 Å². The molecular formula is C16H19N3O2. The highest BCUT2D eigenvalue weighted by Gasteiger charge is 2.48. The van der Waals surface area contributed by atoms with Crippen LogP contribution in [0.4, 0.5) is 0 Å². The van der Waals surface area contributed by atoms with Gasteiger partial charge in [0, 0.05) is 23.5 Å². The topological polar surface area (TPSA) is 71.1 Å². The Morgan fingerprint density at radius 3 is 3.05 bits per heavy atom. The van der Waals surface area contributed by atoms with Gasteiger partial charge in [0.1, 0.15) is 6.04 Å². The standard InChI is InChI=1S/C16H19N3O2/c17-13(16(20)21-19-9-15(19)10-5-6-10)7-11-8-18-14-4-2-1-3-12(11)14/h1-4,8,10,13,15,18H,5-7,9,17H2/t13-,15?,19?/m0/s1. The van der Waals surface area contributed by atoms with Crippen molar-refractivity contribution < 1.29 is 9.63 Å². The van der Waals surface area contributed by atoms with Gasteiger partial charge in [-0.25, -0.2) is 4.79 Å². The lowest BCUT2D eigenvalue weighted by Gasteiger charge is -2.11. The molecule has 5 nitrogen and oxygen atoms in total. The fourth-order valence-electron chi connectivity index (χ4n) is 2.91. The maximum absolute atomic E-state index is 12.0. The predicted octanol–water partition coefficient (Wildman–Crippen LogP) is 1.59. The number of nitrogens with one attached hydrogen (secondary N) is 1. The highest BCUT2D eigenvalue weighted by Crippen LogP contribution is 2.42. The Bertz CT molecular complexity index is 677. The van der Waals surface area contributed by atoms with E-state index in [1.165, 1.54) is 12.8 Å². The summed E-state index contributed by atoms with van der Waals surface area (Å²) in [5.74, 6) is 0.408. The number of hydrogen-bond acceptors (Lipinski definition) is 4. The number of carbonyl (C=O) groups is 1. The zero-order valence-corrected chi connectivity index (χ0v) is 11.8. The molecule has 2 aromatic rings. The van der Waals surface area contributed by atoms with Gasteiger partial charge in [0.2, 0.25) is 0 Å². The Hall–Kier alpha value is -1.85. The number of nitrogens with zero attached hydrogens (tertiary/aromatic N) is 1. The van der Waals surface area contributed by atoms with Gasteiger partial charge in [-0.05, 0) is 30.4 Å². The minimum absolute atomic E-state index is 0.330. The second-order valence-corrected chi connectivity index (χ2v) is 6.08. The minimum atomic E-state index is -0.621. The molecule has 0 radical (unpaired) electrons. The molecule has 0 amide bonds. The van der Waals surface area contributed by atoms with Crippen molar-refractivity contribution >= 4 is 16.9 Å². The Morgan fingerprint density at radius 1 is 1.43 bits per heavy atom. The first-order valence-corrected chi connectivity index (χ1v) is 7.51. The van der Waals surface area contributed by atoms with Crippen LogP contribution in [0, 0.1) is 5.92 Å². The summed E-state index contributed by atoms with van der Waals surface area (Å²) >= 11 is 0. The maximum Gasteiger partial charge on any atom is 0.342 e. The molecule has 2 aliphatic rings. The molecule has 1 saturated heterocycles. The van der Waals surface area contributed by atoms with Crippen LogP contribution in [0.2, 0.25) is 0 Å². The molecule has 21 heavy (non-hydrogen) atoms. The lowest BCUT2D eigenvalue weighted by molar-refractivity contribution is -0.170. The molecule has 3 atom stereocenters. The molecule has 1 aromatic carbocycles. The number of benzene rings is 1. The molecule has 5 heteroatoms. The van der Waals surface area contributed by atoms with Crippen molar-refractivity contribution in [3.05, 3.63) is 36.0 Å². The summed E-state index contributed by atoms with van der Waals surface area (Å²) in [5.41, 5.74) is 8.12. The number of para-hydroxylation sites is 1. The van der Waals surface area contributed by atoms with Crippen LogP contribution >= 0.6 is 0 Å². The summed E-state index contributed by atoms with van der Waals surface area (Å²) in [7, 11) is 0. The lowest BCUT2D eigenvalue weighted by Crippen LogP contribution is -2.35. The van der Waals surface area contributed by atoms with Crippen LogP contribution in [0.1, 0.15) is 18.4 Å². The van der Waals surface area contributed by atoms with Crippen LogP contribution in [0.15, 0.2) is 30.5 Å². The molecule has 2 heterocycles. The molecular weight excluding hydrogens is 266 g/mol. The van der Waals surface area contributed by atoms with Gasteiger partial charge in [-0.15, -0.1) is 5.06 Å². The number of rotatable bonds is 5. The van der Waals surface area contributed by atoms with E-state index in [0.29, 0.717) is 12.5 Å². The minimum Gasteiger partial charge on any atom is -0.366 e. The summed E-state index contributed by atoms with van der Waals surface area (Å²) in [4.78, 5) is 20.6. The number of aromatic amines is 1. The highest BCUT2D eigenvalue weighted by atomic mass is 16.7. The third kappa shape index (κ3) is 2.54. The van der Waals surface area contributed by atoms with Gasteiger partial charge >= 0.3 is 5.97 Å². The van der Waals surface area contributed by atoms with Gasteiger partial charge in [0.05, 0.1) is 12.6 Å². The third-order valence-corrected chi connectivity index (χ3v) is 4.39. The Morgan fingerprint density at radius 2 is 2.24 bits per heavy atom. The number of carbonyl (C=O) groups excluding carboxylic acids is 1. The molecule has 1 aliphatic heterocycles. The van der Waals surface area contributed by atoms with Crippen molar-refractivity contribution in [2.45, 2.75) is 31.3 Å². The smallest absolute Gasteiger partial charge is 0.342 e. The summed E-state index contributed by atoms with van der Waals surface area (Å²) in [6.07, 6.45) is 4.94. The number of H-pyrrole nitrogens is 1. The van der Waals surface area contributed by atoms with E-state index in [-0.39, 0.29) is 5.97 Å². The number of hydroxylamine groups is 2. The van der Waals surface area contributed by atoms with Crippen LogP contribution < -0.4 is 5.73 Å². The molecule has 1 saturated carbocycles. The van der Waals surface area contributed by atoms with E-state index in [1.54, 1.807) is 5.06 Å². The van der Waals surface area contributed by atoms with E-state index in [1.807, 2.05) is 30.5 Å². The van der Waals surface area contributed by atoms with E-state index in [2.05, 4.69) is 4.98 Å². The van der Waals surface area contributed by atoms with Crippen molar-refractivity contribution in [3.8, 4) is 0 Å². The first-order chi connectivity index (χ1) is 10.2. The molecule has 0 bridgehead atoms. The summed E-state index contributed by atoms with van der Waals surface area (Å²) in [5, 5.41) is 2.89. The van der Waals surface area contributed by atoms with Crippen molar-refractivity contribution in [1.29, 1.82) is 0 Å². The largest absolute Gasteiger partial charge is 0.366 e. The van der Waals surface area contributed by atoms with Crippen LogP contribution in [0.5, 0.6) is 0 Å². The Labute approximate surface area is 123 Å². The van der Waals surface area contributed by atoms with E-state index in [4.69, 9.17) is 10.6 Å². The Kier molecular flexibility index (Phi) is 2.97. The predicted molar refractivity (Wildman–Crippen MR) is 79.3 cm³/mol. The molecule has 0 spiro atoms. The van der Waals surface area contributed by atoms with Crippen molar-refractivity contribution in [2.24, 2.45) is 11.7 Å². The number of aromatic nitrogens is 1. The fraction of sp³-hybridized carbons (Fsp3) is 0.438. The molecule has 4 rings (SSSR count). The van der Waals surface area contributed by atoms with Crippen molar-refractivity contribution in [3.63, 3.8) is 0 Å². The number of hydrogen-bond donors (Lipinski definition) is 2. The van der Waals surface area contributed by atoms with Crippen molar-refractivity contribution in [1.82, 2.24) is 10.0 Å². The molecule has 2 fully saturated rings. The van der Waals surface area contributed by atoms with Crippen LogP contribution in [-0.4, -0.2) is 34.6 Å². The second-order valence-electron chi connectivity index (χ2n) is 6.08. The molecule has 110 valence electrons.